The van der Waals surface area contributed by atoms with Crippen LogP contribution in [0.15, 0.2) is 42.5 Å². The monoisotopic (exact) mass is 283 g/mol. The molecule has 0 radical (unpaired) electrons. The number of aliphatic hydroxyl groups is 1. The van der Waals surface area contributed by atoms with E-state index in [0.29, 0.717) is 10.7 Å². The topological polar surface area (TPSA) is 32.3 Å². The van der Waals surface area contributed by atoms with Gasteiger partial charge in [-0.15, -0.1) is 0 Å². The summed E-state index contributed by atoms with van der Waals surface area (Å²) >= 11 is 5.76. The van der Waals surface area contributed by atoms with Crippen LogP contribution < -0.4 is 5.32 Å². The SMILES string of the molecule is OCC(Nc1ccc(Cl)cc1)c1ccc(F)cc1F. The Balaban J connectivity index is 2.22. The fourth-order valence-electron chi connectivity index (χ4n) is 1.75. The lowest BCUT2D eigenvalue weighted by Crippen LogP contribution is -2.16. The first kappa shape index (κ1) is 13.8. The number of nitrogens with one attached hydrogen (secondary N) is 1. The zero-order valence-corrected chi connectivity index (χ0v) is 10.7. The lowest BCUT2D eigenvalue weighted by molar-refractivity contribution is 0.273. The van der Waals surface area contributed by atoms with Crippen LogP contribution in [0.3, 0.4) is 0 Å². The minimum Gasteiger partial charge on any atom is -0.394 e. The molecule has 0 bridgehead atoms. The van der Waals surface area contributed by atoms with Crippen LogP contribution in [0.25, 0.3) is 0 Å². The van der Waals surface area contributed by atoms with Gasteiger partial charge in [-0.2, -0.15) is 0 Å². The van der Waals surface area contributed by atoms with Crippen molar-refractivity contribution in [3.8, 4) is 0 Å². The maximum absolute atomic E-state index is 13.6. The molecular formula is C14H12ClF2NO. The normalized spacial score (nSPS) is 12.2. The molecule has 2 N–H and O–H groups in total. The molecule has 5 heteroatoms. The zero-order chi connectivity index (χ0) is 13.8. The first-order valence-electron chi connectivity index (χ1n) is 5.68. The molecule has 0 aliphatic carbocycles. The minimum absolute atomic E-state index is 0.207. The summed E-state index contributed by atoms with van der Waals surface area (Å²) < 4.78 is 26.5. The molecule has 2 rings (SSSR count). The Morgan fingerprint density at radius 3 is 2.37 bits per heavy atom. The molecule has 1 unspecified atom stereocenters. The van der Waals surface area contributed by atoms with E-state index < -0.39 is 17.7 Å². The van der Waals surface area contributed by atoms with E-state index in [1.165, 1.54) is 6.07 Å². The van der Waals surface area contributed by atoms with Gasteiger partial charge in [0.25, 0.3) is 0 Å². The first-order chi connectivity index (χ1) is 9.10. The quantitative estimate of drug-likeness (QED) is 0.895. The van der Waals surface area contributed by atoms with Crippen molar-refractivity contribution in [2.75, 3.05) is 11.9 Å². The van der Waals surface area contributed by atoms with Crippen LogP contribution in [0.1, 0.15) is 11.6 Å². The van der Waals surface area contributed by atoms with Crippen molar-refractivity contribution < 1.29 is 13.9 Å². The van der Waals surface area contributed by atoms with Gasteiger partial charge < -0.3 is 10.4 Å². The molecule has 0 aliphatic rings. The zero-order valence-electron chi connectivity index (χ0n) is 9.91. The van der Waals surface area contributed by atoms with Crippen LogP contribution in [0.4, 0.5) is 14.5 Å². The summed E-state index contributed by atoms with van der Waals surface area (Å²) in [7, 11) is 0. The van der Waals surface area contributed by atoms with Crippen molar-refractivity contribution in [3.63, 3.8) is 0 Å². The fourth-order valence-corrected chi connectivity index (χ4v) is 1.88. The average Bonchev–Trinajstić information content (AvgIpc) is 2.39. The molecule has 19 heavy (non-hydrogen) atoms. The van der Waals surface area contributed by atoms with Gasteiger partial charge in [0.05, 0.1) is 12.6 Å². The molecule has 0 saturated heterocycles. The largest absolute Gasteiger partial charge is 0.394 e. The van der Waals surface area contributed by atoms with Gasteiger partial charge in [-0.25, -0.2) is 8.78 Å². The van der Waals surface area contributed by atoms with Gasteiger partial charge >= 0.3 is 0 Å². The molecule has 0 heterocycles. The molecule has 100 valence electrons. The number of benzene rings is 2. The van der Waals surface area contributed by atoms with Crippen LogP contribution in [0.5, 0.6) is 0 Å². The molecule has 2 aromatic carbocycles. The highest BCUT2D eigenvalue weighted by atomic mass is 35.5. The van der Waals surface area contributed by atoms with Gasteiger partial charge in [-0.1, -0.05) is 17.7 Å². The van der Waals surface area contributed by atoms with Crippen molar-refractivity contribution >= 4 is 17.3 Å². The molecule has 0 aliphatic heterocycles. The van der Waals surface area contributed by atoms with Gasteiger partial charge in [0.2, 0.25) is 0 Å². The maximum atomic E-state index is 13.6. The van der Waals surface area contributed by atoms with E-state index in [1.54, 1.807) is 24.3 Å². The third kappa shape index (κ3) is 3.43. The van der Waals surface area contributed by atoms with E-state index in [9.17, 15) is 13.9 Å². The summed E-state index contributed by atoms with van der Waals surface area (Å²) in [5.74, 6) is -1.34. The van der Waals surface area contributed by atoms with Crippen LogP contribution in [-0.4, -0.2) is 11.7 Å². The van der Waals surface area contributed by atoms with Crippen molar-refractivity contribution in [3.05, 3.63) is 64.7 Å². The number of hydrogen-bond donors (Lipinski definition) is 2. The number of hydrogen-bond acceptors (Lipinski definition) is 2. The highest BCUT2D eigenvalue weighted by Gasteiger charge is 2.15. The Kier molecular flexibility index (Phi) is 4.35. The highest BCUT2D eigenvalue weighted by molar-refractivity contribution is 6.30. The third-order valence-corrected chi connectivity index (χ3v) is 2.96. The Morgan fingerprint density at radius 2 is 1.79 bits per heavy atom. The number of halogens is 3. The molecular weight excluding hydrogens is 272 g/mol. The summed E-state index contributed by atoms with van der Waals surface area (Å²) in [6.45, 7) is -0.314. The van der Waals surface area contributed by atoms with Crippen LogP contribution in [-0.2, 0) is 0 Å². The molecule has 0 spiro atoms. The second-order valence-corrected chi connectivity index (χ2v) is 4.49. The van der Waals surface area contributed by atoms with Crippen LogP contribution in [0, 0.1) is 11.6 Å². The van der Waals surface area contributed by atoms with E-state index in [0.717, 1.165) is 12.1 Å². The smallest absolute Gasteiger partial charge is 0.131 e. The average molecular weight is 284 g/mol. The molecule has 0 saturated carbocycles. The molecule has 0 amide bonds. The molecule has 2 aromatic rings. The summed E-state index contributed by atoms with van der Waals surface area (Å²) in [5, 5.41) is 12.9. The van der Waals surface area contributed by atoms with Gasteiger partial charge in [0.15, 0.2) is 0 Å². The maximum Gasteiger partial charge on any atom is 0.131 e. The number of anilines is 1. The van der Waals surface area contributed by atoms with Gasteiger partial charge in [-0.05, 0) is 30.3 Å². The number of aliphatic hydroxyl groups excluding tert-OH is 1. The Bertz CT molecular complexity index is 560. The van der Waals surface area contributed by atoms with Crippen molar-refractivity contribution in [2.24, 2.45) is 0 Å². The standard InChI is InChI=1S/C14H12ClF2NO/c15-9-1-4-11(5-2-9)18-14(8-19)12-6-3-10(16)7-13(12)17/h1-7,14,18-19H,8H2. The lowest BCUT2D eigenvalue weighted by atomic mass is 10.1. The van der Waals surface area contributed by atoms with E-state index in [-0.39, 0.29) is 12.2 Å². The minimum atomic E-state index is -0.694. The second-order valence-electron chi connectivity index (χ2n) is 4.05. The molecule has 1 atom stereocenters. The van der Waals surface area contributed by atoms with Gasteiger partial charge in [0.1, 0.15) is 11.6 Å². The van der Waals surface area contributed by atoms with E-state index in [4.69, 9.17) is 11.6 Å². The number of rotatable bonds is 4. The van der Waals surface area contributed by atoms with E-state index >= 15 is 0 Å². The predicted molar refractivity (Wildman–Crippen MR) is 71.3 cm³/mol. The second kappa shape index (κ2) is 5.99. The van der Waals surface area contributed by atoms with E-state index in [2.05, 4.69) is 5.32 Å². The van der Waals surface area contributed by atoms with Gasteiger partial charge in [-0.3, -0.25) is 0 Å². The summed E-state index contributed by atoms with van der Waals surface area (Å²) in [4.78, 5) is 0. The first-order valence-corrected chi connectivity index (χ1v) is 6.06. The lowest BCUT2D eigenvalue weighted by Gasteiger charge is -2.18. The van der Waals surface area contributed by atoms with Crippen LogP contribution in [0.2, 0.25) is 5.02 Å². The molecule has 0 aromatic heterocycles. The highest BCUT2D eigenvalue weighted by Crippen LogP contribution is 2.23. The fraction of sp³-hybridized carbons (Fsp3) is 0.143. The Hall–Kier alpha value is -1.65. The molecule has 2 nitrogen and oxygen atoms in total. The molecule has 0 fully saturated rings. The third-order valence-electron chi connectivity index (χ3n) is 2.71. The van der Waals surface area contributed by atoms with Crippen molar-refractivity contribution in [1.82, 2.24) is 0 Å². The summed E-state index contributed by atoms with van der Waals surface area (Å²) in [5.41, 5.74) is 0.894. The van der Waals surface area contributed by atoms with Gasteiger partial charge in [0, 0.05) is 22.3 Å². The van der Waals surface area contributed by atoms with Crippen LogP contribution >= 0.6 is 11.6 Å². The Morgan fingerprint density at radius 1 is 1.11 bits per heavy atom. The van der Waals surface area contributed by atoms with Crippen molar-refractivity contribution in [1.29, 1.82) is 0 Å². The summed E-state index contributed by atoms with van der Waals surface area (Å²) in [6.07, 6.45) is 0. The van der Waals surface area contributed by atoms with Crippen molar-refractivity contribution in [2.45, 2.75) is 6.04 Å². The summed E-state index contributed by atoms with van der Waals surface area (Å²) in [6, 6.07) is 9.40. The predicted octanol–water partition coefficient (Wildman–Crippen LogP) is 3.76. The van der Waals surface area contributed by atoms with E-state index in [1.807, 2.05) is 0 Å². The Labute approximate surface area is 114 Å².